The first kappa shape index (κ1) is 20.8. The number of hydrogen-bond donors (Lipinski definition) is 2. The molecular formula is C20H27NO6. The summed E-state index contributed by atoms with van der Waals surface area (Å²) in [5, 5.41) is 10.6. The number of allylic oxidation sites excluding steroid dienone is 2. The molecule has 0 atom stereocenters. The van der Waals surface area contributed by atoms with Crippen LogP contribution < -0.4 is 10.2 Å². The number of phenols is 1. The first-order valence-corrected chi connectivity index (χ1v) is 8.94. The second-order valence-corrected chi connectivity index (χ2v) is 6.86. The largest absolute Gasteiger partial charge is 0.507 e. The summed E-state index contributed by atoms with van der Waals surface area (Å²) in [4.78, 5) is 28.7. The monoisotopic (exact) mass is 377 g/mol. The summed E-state index contributed by atoms with van der Waals surface area (Å²) in [5.41, 5.74) is 5.61. The highest BCUT2D eigenvalue weighted by Crippen LogP contribution is 2.42. The Balaban J connectivity index is 2.12. The Morgan fingerprint density at radius 2 is 2.07 bits per heavy atom. The number of hydrogen-bond acceptors (Lipinski definition) is 6. The zero-order chi connectivity index (χ0) is 20.1. The van der Waals surface area contributed by atoms with Crippen molar-refractivity contribution in [3.05, 3.63) is 33.9 Å². The molecule has 0 fully saturated rings. The van der Waals surface area contributed by atoms with E-state index in [2.05, 4.69) is 5.48 Å². The van der Waals surface area contributed by atoms with E-state index in [9.17, 15) is 14.7 Å². The lowest BCUT2D eigenvalue weighted by atomic mass is 9.94. The first-order chi connectivity index (χ1) is 12.8. The van der Waals surface area contributed by atoms with E-state index in [-0.39, 0.29) is 29.9 Å². The lowest BCUT2D eigenvalue weighted by Gasteiger charge is -2.15. The fraction of sp³-hybridized carbons (Fsp3) is 0.500. The van der Waals surface area contributed by atoms with Crippen molar-refractivity contribution in [2.75, 3.05) is 7.11 Å². The second-order valence-electron chi connectivity index (χ2n) is 6.86. The van der Waals surface area contributed by atoms with Crippen molar-refractivity contribution in [1.82, 2.24) is 5.48 Å². The van der Waals surface area contributed by atoms with Crippen LogP contribution in [0.4, 0.5) is 0 Å². The first-order valence-electron chi connectivity index (χ1n) is 8.94. The van der Waals surface area contributed by atoms with E-state index in [4.69, 9.17) is 14.3 Å². The summed E-state index contributed by atoms with van der Waals surface area (Å²) in [7, 11) is 1.53. The number of phenolic OH excluding ortho intramolecular Hbond substituents is 1. The highest BCUT2D eigenvalue weighted by Gasteiger charge is 2.31. The van der Waals surface area contributed by atoms with E-state index in [0.717, 1.165) is 11.1 Å². The van der Waals surface area contributed by atoms with Crippen molar-refractivity contribution in [3.63, 3.8) is 0 Å². The molecule has 1 aromatic rings. The maximum absolute atomic E-state index is 11.9. The number of nitrogens with one attached hydrogen (secondary N) is 1. The van der Waals surface area contributed by atoms with Crippen LogP contribution in [0.1, 0.15) is 60.7 Å². The Bertz CT molecular complexity index is 766. The predicted molar refractivity (Wildman–Crippen MR) is 99.6 cm³/mol. The number of esters is 1. The number of rotatable bonds is 8. The lowest BCUT2D eigenvalue weighted by molar-refractivity contribution is -0.136. The number of methoxy groups -OCH3 is 1. The van der Waals surface area contributed by atoms with Gasteiger partial charge >= 0.3 is 5.97 Å². The zero-order valence-electron chi connectivity index (χ0n) is 16.5. The van der Waals surface area contributed by atoms with E-state index in [1.54, 1.807) is 0 Å². The van der Waals surface area contributed by atoms with Gasteiger partial charge in [-0.1, -0.05) is 11.6 Å². The Kier molecular flexibility index (Phi) is 6.85. The van der Waals surface area contributed by atoms with Gasteiger partial charge in [0.05, 0.1) is 13.2 Å². The Hall–Kier alpha value is -2.54. The summed E-state index contributed by atoms with van der Waals surface area (Å²) < 4.78 is 10.5. The fourth-order valence-corrected chi connectivity index (χ4v) is 2.95. The van der Waals surface area contributed by atoms with Crippen LogP contribution in [0.25, 0.3) is 0 Å². The molecule has 148 valence electrons. The summed E-state index contributed by atoms with van der Waals surface area (Å²) in [5.74, 6) is -0.247. The molecule has 7 nitrogen and oxygen atoms in total. The van der Waals surface area contributed by atoms with Crippen LogP contribution in [-0.2, 0) is 27.4 Å². The summed E-state index contributed by atoms with van der Waals surface area (Å²) in [6, 6.07) is 0. The molecule has 0 aliphatic carbocycles. The molecule has 1 aliphatic rings. The minimum Gasteiger partial charge on any atom is -0.507 e. The molecule has 1 aromatic carbocycles. The van der Waals surface area contributed by atoms with Gasteiger partial charge in [0.1, 0.15) is 23.7 Å². The van der Waals surface area contributed by atoms with Crippen molar-refractivity contribution in [2.45, 2.75) is 59.7 Å². The number of cyclic esters (lactones) is 1. The van der Waals surface area contributed by atoms with Crippen molar-refractivity contribution >= 4 is 11.9 Å². The number of amides is 1. The van der Waals surface area contributed by atoms with Gasteiger partial charge in [0, 0.05) is 17.5 Å². The number of carbonyl (C=O) groups is 2. The third kappa shape index (κ3) is 4.80. The third-order valence-electron chi connectivity index (χ3n) is 4.46. The van der Waals surface area contributed by atoms with Crippen molar-refractivity contribution in [3.8, 4) is 11.5 Å². The van der Waals surface area contributed by atoms with Gasteiger partial charge in [0.15, 0.2) is 0 Å². The van der Waals surface area contributed by atoms with E-state index in [1.807, 2.05) is 33.8 Å². The van der Waals surface area contributed by atoms with Crippen LogP contribution in [0.5, 0.6) is 11.5 Å². The van der Waals surface area contributed by atoms with Crippen LogP contribution in [-0.4, -0.2) is 30.2 Å². The average Bonchev–Trinajstić information content (AvgIpc) is 3.02. The molecule has 2 rings (SSSR count). The summed E-state index contributed by atoms with van der Waals surface area (Å²) in [6.45, 7) is 7.57. The molecule has 0 bridgehead atoms. The summed E-state index contributed by atoms with van der Waals surface area (Å²) in [6.07, 6.45) is 3.08. The van der Waals surface area contributed by atoms with E-state index < -0.39 is 5.97 Å². The van der Waals surface area contributed by atoms with Gasteiger partial charge in [-0.25, -0.2) is 10.3 Å². The predicted octanol–water partition coefficient (Wildman–Crippen LogP) is 3.10. The number of benzene rings is 1. The minimum atomic E-state index is -0.517. The number of aromatic hydroxyl groups is 1. The van der Waals surface area contributed by atoms with Gasteiger partial charge in [0.25, 0.3) is 0 Å². The molecule has 0 saturated carbocycles. The highest BCUT2D eigenvalue weighted by molar-refractivity contribution is 5.98. The van der Waals surface area contributed by atoms with Crippen LogP contribution in [0.15, 0.2) is 11.6 Å². The quantitative estimate of drug-likeness (QED) is 0.411. The number of carbonyl (C=O) groups excluding carboxylic acids is 2. The molecule has 0 radical (unpaired) electrons. The van der Waals surface area contributed by atoms with E-state index in [0.29, 0.717) is 36.1 Å². The van der Waals surface area contributed by atoms with Gasteiger partial charge < -0.3 is 14.6 Å². The molecule has 0 saturated heterocycles. The highest BCUT2D eigenvalue weighted by atomic mass is 16.7. The number of ether oxygens (including phenoxy) is 2. The van der Waals surface area contributed by atoms with Crippen molar-refractivity contribution in [2.24, 2.45) is 0 Å². The van der Waals surface area contributed by atoms with Crippen molar-refractivity contribution < 1.29 is 29.0 Å². The SMILES string of the molecule is COc1c(C)c2c(c(O)c1CC=C(C)CCC(=O)NOC(C)C)C(=O)OC2. The molecule has 2 N–H and O–H groups in total. The zero-order valence-corrected chi connectivity index (χ0v) is 16.5. The second kappa shape index (κ2) is 8.90. The molecule has 1 aliphatic heterocycles. The van der Waals surface area contributed by atoms with E-state index in [1.165, 1.54) is 7.11 Å². The van der Waals surface area contributed by atoms with Gasteiger partial charge in [-0.15, -0.1) is 0 Å². The van der Waals surface area contributed by atoms with Gasteiger partial charge in [-0.05, 0) is 46.1 Å². The molecule has 7 heteroatoms. The lowest BCUT2D eigenvalue weighted by Crippen LogP contribution is -2.26. The Labute approximate surface area is 159 Å². The van der Waals surface area contributed by atoms with Crippen LogP contribution in [0, 0.1) is 6.92 Å². The maximum Gasteiger partial charge on any atom is 0.342 e. The third-order valence-corrected chi connectivity index (χ3v) is 4.46. The fourth-order valence-electron chi connectivity index (χ4n) is 2.95. The normalized spacial score (nSPS) is 13.6. The topological polar surface area (TPSA) is 94.1 Å². The Morgan fingerprint density at radius 1 is 1.37 bits per heavy atom. The summed E-state index contributed by atoms with van der Waals surface area (Å²) >= 11 is 0. The molecule has 0 unspecified atom stereocenters. The van der Waals surface area contributed by atoms with Gasteiger partial charge in [-0.2, -0.15) is 0 Å². The molecule has 1 amide bonds. The molecule has 27 heavy (non-hydrogen) atoms. The number of fused-ring (bicyclic) bond motifs is 1. The minimum absolute atomic E-state index is 0.0734. The standard InChI is InChI=1S/C20H27NO6/c1-11(2)27-21-16(22)9-7-12(3)6-8-14-18(23)17-15(10-26-20(17)24)13(4)19(14)25-5/h6,11,23H,7-10H2,1-5H3,(H,21,22). The maximum atomic E-state index is 11.9. The van der Waals surface area contributed by atoms with Crippen LogP contribution in [0.2, 0.25) is 0 Å². The molecule has 1 heterocycles. The molecular weight excluding hydrogens is 350 g/mol. The van der Waals surface area contributed by atoms with Gasteiger partial charge in [0.2, 0.25) is 5.91 Å². The van der Waals surface area contributed by atoms with Gasteiger partial charge in [-0.3, -0.25) is 9.63 Å². The van der Waals surface area contributed by atoms with Crippen LogP contribution in [0.3, 0.4) is 0 Å². The number of hydroxylamine groups is 1. The van der Waals surface area contributed by atoms with Crippen molar-refractivity contribution in [1.29, 1.82) is 0 Å². The van der Waals surface area contributed by atoms with E-state index >= 15 is 0 Å². The Morgan fingerprint density at radius 3 is 2.70 bits per heavy atom. The smallest absolute Gasteiger partial charge is 0.342 e. The average molecular weight is 377 g/mol. The van der Waals surface area contributed by atoms with Crippen LogP contribution >= 0.6 is 0 Å². The molecule has 0 aromatic heterocycles. The molecule has 0 spiro atoms.